The van der Waals surface area contributed by atoms with Gasteiger partial charge in [0.25, 0.3) is 5.56 Å². The van der Waals surface area contributed by atoms with Crippen LogP contribution in [-0.2, 0) is 5.60 Å². The molecular formula is C17H20N4O2. The summed E-state index contributed by atoms with van der Waals surface area (Å²) in [7, 11) is 0. The highest BCUT2D eigenvalue weighted by molar-refractivity contribution is 5.94. The summed E-state index contributed by atoms with van der Waals surface area (Å²) in [5.41, 5.74) is 0.383. The molecule has 0 unspecified atom stereocenters. The Morgan fingerprint density at radius 3 is 2.83 bits per heavy atom. The molecule has 0 saturated carbocycles. The molecule has 1 aliphatic rings. The first-order valence-corrected chi connectivity index (χ1v) is 7.75. The minimum atomic E-state index is -1.09. The molecular weight excluding hydrogens is 292 g/mol. The van der Waals surface area contributed by atoms with Crippen LogP contribution in [0.2, 0.25) is 0 Å². The van der Waals surface area contributed by atoms with Gasteiger partial charge in [0.1, 0.15) is 17.2 Å². The van der Waals surface area contributed by atoms with Crippen LogP contribution in [-0.4, -0.2) is 28.2 Å². The van der Waals surface area contributed by atoms with Gasteiger partial charge in [-0.1, -0.05) is 6.92 Å². The summed E-state index contributed by atoms with van der Waals surface area (Å²) in [6.07, 6.45) is 2.58. The molecule has 0 radical (unpaired) electrons. The van der Waals surface area contributed by atoms with Crippen molar-refractivity contribution in [3.05, 3.63) is 33.9 Å². The predicted octanol–water partition coefficient (Wildman–Crippen LogP) is 1.87. The van der Waals surface area contributed by atoms with Crippen LogP contribution in [0, 0.1) is 17.2 Å². The van der Waals surface area contributed by atoms with E-state index in [2.05, 4.69) is 21.8 Å². The molecule has 1 saturated heterocycles. The fourth-order valence-electron chi connectivity index (χ4n) is 3.08. The van der Waals surface area contributed by atoms with Crippen molar-refractivity contribution in [1.29, 1.82) is 5.26 Å². The Balaban J connectivity index is 2.32. The van der Waals surface area contributed by atoms with Crippen molar-refractivity contribution in [2.75, 3.05) is 18.0 Å². The monoisotopic (exact) mass is 312 g/mol. The third kappa shape index (κ3) is 2.68. The zero-order valence-corrected chi connectivity index (χ0v) is 13.6. The maximum atomic E-state index is 12.2. The molecule has 1 fully saturated rings. The highest BCUT2D eigenvalue weighted by Gasteiger charge is 2.26. The molecule has 6 nitrogen and oxygen atoms in total. The van der Waals surface area contributed by atoms with Crippen LogP contribution in [0.5, 0.6) is 0 Å². The van der Waals surface area contributed by atoms with Gasteiger partial charge in [-0.05, 0) is 32.3 Å². The Bertz CT molecular complexity index is 858. The van der Waals surface area contributed by atoms with Crippen molar-refractivity contribution in [3.8, 4) is 6.07 Å². The van der Waals surface area contributed by atoms with E-state index in [1.165, 1.54) is 0 Å². The Labute approximate surface area is 134 Å². The number of rotatable bonds is 2. The average Bonchev–Trinajstić information content (AvgIpc) is 2.90. The number of hydrogen-bond acceptors (Lipinski definition) is 5. The average molecular weight is 312 g/mol. The molecule has 2 aromatic rings. The molecule has 0 spiro atoms. The van der Waals surface area contributed by atoms with Crippen LogP contribution in [0.25, 0.3) is 10.9 Å². The Morgan fingerprint density at radius 2 is 2.26 bits per heavy atom. The van der Waals surface area contributed by atoms with E-state index in [9.17, 15) is 15.2 Å². The molecule has 6 heteroatoms. The topological polar surface area (TPSA) is 93.0 Å². The van der Waals surface area contributed by atoms with Crippen LogP contribution < -0.4 is 10.5 Å². The maximum absolute atomic E-state index is 12.2. The predicted molar refractivity (Wildman–Crippen MR) is 88.3 cm³/mol. The van der Waals surface area contributed by atoms with Crippen LogP contribution in [0.15, 0.2) is 17.1 Å². The van der Waals surface area contributed by atoms with E-state index in [0.29, 0.717) is 22.8 Å². The number of aliphatic hydroxyl groups is 1. The number of aromatic nitrogens is 2. The number of nitrogens with zero attached hydrogens (tertiary/aromatic N) is 3. The van der Waals surface area contributed by atoms with Crippen LogP contribution in [0.3, 0.4) is 0 Å². The minimum Gasteiger partial charge on any atom is -0.384 e. The SMILES string of the molecule is C[C@@H]1CCN(c2c(C#N)c(=O)[nH]c3cnc(C(C)(C)O)cc23)C1. The normalized spacial score (nSPS) is 18.4. The van der Waals surface area contributed by atoms with E-state index in [1.54, 1.807) is 26.1 Å². The third-order valence-corrected chi connectivity index (χ3v) is 4.35. The minimum absolute atomic E-state index is 0.125. The van der Waals surface area contributed by atoms with Gasteiger partial charge in [0, 0.05) is 18.5 Å². The first-order valence-electron chi connectivity index (χ1n) is 7.75. The van der Waals surface area contributed by atoms with Gasteiger partial charge in [0.05, 0.1) is 23.1 Å². The van der Waals surface area contributed by atoms with Gasteiger partial charge in [-0.15, -0.1) is 0 Å². The van der Waals surface area contributed by atoms with Crippen LogP contribution in [0.1, 0.15) is 38.4 Å². The maximum Gasteiger partial charge on any atom is 0.268 e. The highest BCUT2D eigenvalue weighted by atomic mass is 16.3. The van der Waals surface area contributed by atoms with Gasteiger partial charge in [-0.2, -0.15) is 5.26 Å². The fourth-order valence-corrected chi connectivity index (χ4v) is 3.08. The summed E-state index contributed by atoms with van der Waals surface area (Å²) >= 11 is 0. The van der Waals surface area contributed by atoms with Crippen molar-refractivity contribution >= 4 is 16.6 Å². The Morgan fingerprint density at radius 1 is 1.52 bits per heavy atom. The summed E-state index contributed by atoms with van der Waals surface area (Å²) in [5.74, 6) is 0.520. The van der Waals surface area contributed by atoms with E-state index in [-0.39, 0.29) is 5.56 Å². The first-order chi connectivity index (χ1) is 10.8. The smallest absolute Gasteiger partial charge is 0.268 e. The number of fused-ring (bicyclic) bond motifs is 1. The molecule has 0 amide bonds. The van der Waals surface area contributed by atoms with Crippen molar-refractivity contribution < 1.29 is 5.11 Å². The largest absolute Gasteiger partial charge is 0.384 e. The summed E-state index contributed by atoms with van der Waals surface area (Å²) in [6, 6.07) is 3.81. The molecule has 3 heterocycles. The zero-order chi connectivity index (χ0) is 16.8. The standard InChI is InChI=1S/C17H20N4O2/c1-10-4-5-21(9-10)15-11-6-14(17(2,3)23)19-8-13(11)20-16(22)12(15)7-18/h6,8,10,23H,4-5,9H2,1-3H3,(H,20,22)/t10-/m1/s1. The molecule has 0 aliphatic carbocycles. The summed E-state index contributed by atoms with van der Waals surface area (Å²) in [4.78, 5) is 21.3. The molecule has 2 N–H and O–H groups in total. The number of aromatic amines is 1. The second-order valence-electron chi connectivity index (χ2n) is 6.80. The lowest BCUT2D eigenvalue weighted by atomic mass is 10.0. The highest BCUT2D eigenvalue weighted by Crippen LogP contribution is 2.33. The lowest BCUT2D eigenvalue weighted by Crippen LogP contribution is -2.25. The molecule has 23 heavy (non-hydrogen) atoms. The van der Waals surface area contributed by atoms with E-state index in [1.807, 2.05) is 6.07 Å². The summed E-state index contributed by atoms with van der Waals surface area (Å²) in [6.45, 7) is 7.11. The van der Waals surface area contributed by atoms with Crippen molar-refractivity contribution in [3.63, 3.8) is 0 Å². The van der Waals surface area contributed by atoms with Crippen molar-refractivity contribution in [1.82, 2.24) is 9.97 Å². The summed E-state index contributed by atoms with van der Waals surface area (Å²) in [5, 5.41) is 20.4. The molecule has 0 aromatic carbocycles. The molecule has 1 atom stereocenters. The van der Waals surface area contributed by atoms with E-state index < -0.39 is 11.2 Å². The van der Waals surface area contributed by atoms with Crippen LogP contribution >= 0.6 is 0 Å². The third-order valence-electron chi connectivity index (χ3n) is 4.35. The van der Waals surface area contributed by atoms with Gasteiger partial charge in [-0.3, -0.25) is 9.78 Å². The lowest BCUT2D eigenvalue weighted by molar-refractivity contribution is 0.0740. The second-order valence-corrected chi connectivity index (χ2v) is 6.80. The fraction of sp³-hybridized carbons (Fsp3) is 0.471. The van der Waals surface area contributed by atoms with E-state index >= 15 is 0 Å². The number of pyridine rings is 2. The van der Waals surface area contributed by atoms with E-state index in [4.69, 9.17) is 0 Å². The lowest BCUT2D eigenvalue weighted by Gasteiger charge is -2.23. The molecule has 120 valence electrons. The number of H-pyrrole nitrogens is 1. The van der Waals surface area contributed by atoms with Gasteiger partial charge in [-0.25, -0.2) is 0 Å². The van der Waals surface area contributed by atoms with Gasteiger partial charge in [0.2, 0.25) is 0 Å². The van der Waals surface area contributed by atoms with E-state index in [0.717, 1.165) is 24.9 Å². The number of hydrogen-bond donors (Lipinski definition) is 2. The van der Waals surface area contributed by atoms with Gasteiger partial charge < -0.3 is 15.0 Å². The number of nitriles is 1. The summed E-state index contributed by atoms with van der Waals surface area (Å²) < 4.78 is 0. The number of anilines is 1. The number of nitrogens with one attached hydrogen (secondary N) is 1. The zero-order valence-electron chi connectivity index (χ0n) is 13.6. The van der Waals surface area contributed by atoms with Crippen LogP contribution in [0.4, 0.5) is 5.69 Å². The van der Waals surface area contributed by atoms with Crippen molar-refractivity contribution in [2.45, 2.75) is 32.8 Å². The second kappa shape index (κ2) is 5.36. The first kappa shape index (κ1) is 15.5. The Hall–Kier alpha value is -2.39. The van der Waals surface area contributed by atoms with Gasteiger partial charge in [0.15, 0.2) is 0 Å². The molecule has 0 bridgehead atoms. The molecule has 2 aromatic heterocycles. The van der Waals surface area contributed by atoms with Crippen molar-refractivity contribution in [2.24, 2.45) is 5.92 Å². The quantitative estimate of drug-likeness (QED) is 0.883. The van der Waals surface area contributed by atoms with Gasteiger partial charge >= 0.3 is 0 Å². The molecule has 1 aliphatic heterocycles. The Kier molecular flexibility index (Phi) is 3.61. The molecule has 3 rings (SSSR count).